The van der Waals surface area contributed by atoms with Gasteiger partial charge >= 0.3 is 5.97 Å². The lowest BCUT2D eigenvalue weighted by atomic mass is 10.2. The smallest absolute Gasteiger partial charge is 0.376 e. The summed E-state index contributed by atoms with van der Waals surface area (Å²) in [4.78, 5) is 32.9. The van der Waals surface area contributed by atoms with Crippen LogP contribution < -0.4 is 5.32 Å². The molecule has 1 N–H and O–H groups in total. The van der Waals surface area contributed by atoms with E-state index >= 15 is 0 Å². The summed E-state index contributed by atoms with van der Waals surface area (Å²) >= 11 is 0. The second-order valence-corrected chi connectivity index (χ2v) is 2.90. The quantitative estimate of drug-likeness (QED) is 0.503. The van der Waals surface area contributed by atoms with E-state index in [1.54, 1.807) is 0 Å². The van der Waals surface area contributed by atoms with E-state index in [0.29, 0.717) is 12.8 Å². The third kappa shape index (κ3) is 4.02. The first-order chi connectivity index (χ1) is 6.52. The number of carbonyl (C=O) groups excluding carboxylic acids is 3. The maximum Gasteiger partial charge on any atom is 0.376 e. The van der Waals surface area contributed by atoms with Crippen molar-refractivity contribution in [3.8, 4) is 0 Å². The highest BCUT2D eigenvalue weighted by Crippen LogP contribution is 1.92. The largest absolute Gasteiger partial charge is 0.463 e. The van der Waals surface area contributed by atoms with E-state index in [1.807, 2.05) is 6.92 Å². The summed E-state index contributed by atoms with van der Waals surface area (Å²) in [7, 11) is 1.13. The van der Waals surface area contributed by atoms with Crippen LogP contribution in [0.4, 0.5) is 0 Å². The highest BCUT2D eigenvalue weighted by molar-refractivity contribution is 6.35. The molecule has 0 spiro atoms. The van der Waals surface area contributed by atoms with Crippen molar-refractivity contribution in [3.05, 3.63) is 0 Å². The number of methoxy groups -OCH3 is 1. The zero-order valence-corrected chi connectivity index (χ0v) is 8.62. The van der Waals surface area contributed by atoms with Gasteiger partial charge in [-0.05, 0) is 13.3 Å². The van der Waals surface area contributed by atoms with E-state index < -0.39 is 17.8 Å². The zero-order chi connectivity index (χ0) is 11.1. The van der Waals surface area contributed by atoms with Crippen molar-refractivity contribution in [2.75, 3.05) is 7.11 Å². The Labute approximate surface area is 82.8 Å². The first kappa shape index (κ1) is 12.6. The number of ether oxygens (including phenoxy) is 1. The summed E-state index contributed by atoms with van der Waals surface area (Å²) < 4.78 is 4.23. The predicted molar refractivity (Wildman–Crippen MR) is 49.5 cm³/mol. The Morgan fingerprint density at radius 1 is 1.36 bits per heavy atom. The van der Waals surface area contributed by atoms with Crippen molar-refractivity contribution in [2.45, 2.75) is 32.7 Å². The number of amides is 1. The Balaban J connectivity index is 4.07. The maximum absolute atomic E-state index is 11.1. The van der Waals surface area contributed by atoms with Crippen LogP contribution in [-0.4, -0.2) is 30.8 Å². The second kappa shape index (κ2) is 6.12. The van der Waals surface area contributed by atoms with Gasteiger partial charge < -0.3 is 10.1 Å². The van der Waals surface area contributed by atoms with Gasteiger partial charge in [0.1, 0.15) is 0 Å². The monoisotopic (exact) mass is 201 g/mol. The number of nitrogens with one attached hydrogen (secondary N) is 1. The number of esters is 1. The lowest BCUT2D eigenvalue weighted by Gasteiger charge is -2.10. The molecule has 0 fully saturated rings. The lowest BCUT2D eigenvalue weighted by Crippen LogP contribution is -2.42. The van der Waals surface area contributed by atoms with Crippen LogP contribution in [0.25, 0.3) is 0 Å². The summed E-state index contributed by atoms with van der Waals surface area (Å²) in [6.45, 7) is 3.30. The molecule has 0 aromatic rings. The van der Waals surface area contributed by atoms with Gasteiger partial charge in [0.2, 0.25) is 5.91 Å². The Kier molecular flexibility index (Phi) is 5.52. The van der Waals surface area contributed by atoms with Gasteiger partial charge in [-0.3, -0.25) is 9.59 Å². The van der Waals surface area contributed by atoms with Crippen LogP contribution in [0.5, 0.6) is 0 Å². The van der Waals surface area contributed by atoms with Crippen LogP contribution in [0.3, 0.4) is 0 Å². The average molecular weight is 201 g/mol. The number of rotatable bonds is 5. The van der Waals surface area contributed by atoms with E-state index in [4.69, 9.17) is 0 Å². The first-order valence-electron chi connectivity index (χ1n) is 4.44. The standard InChI is InChI=1S/C9H15NO4/c1-4-5-7(11)10-6(2)8(12)9(13)14-3/h6H,4-5H2,1-3H3,(H,10,11). The molecule has 0 aliphatic rings. The molecular weight excluding hydrogens is 186 g/mol. The van der Waals surface area contributed by atoms with Crippen LogP contribution in [0.15, 0.2) is 0 Å². The van der Waals surface area contributed by atoms with E-state index in [-0.39, 0.29) is 5.91 Å². The molecule has 5 nitrogen and oxygen atoms in total. The molecule has 14 heavy (non-hydrogen) atoms. The van der Waals surface area contributed by atoms with Crippen molar-refractivity contribution in [1.29, 1.82) is 0 Å². The van der Waals surface area contributed by atoms with E-state index in [2.05, 4.69) is 10.1 Å². The fourth-order valence-electron chi connectivity index (χ4n) is 0.884. The fraction of sp³-hybridized carbons (Fsp3) is 0.667. The predicted octanol–water partition coefficient (Wildman–Crippen LogP) is 0.0333. The van der Waals surface area contributed by atoms with E-state index in [1.165, 1.54) is 6.92 Å². The molecule has 5 heteroatoms. The summed E-state index contributed by atoms with van der Waals surface area (Å²) in [5.74, 6) is -1.91. The van der Waals surface area contributed by atoms with Gasteiger partial charge in [-0.1, -0.05) is 6.92 Å². The van der Waals surface area contributed by atoms with Gasteiger partial charge in [0.25, 0.3) is 5.78 Å². The molecule has 0 saturated heterocycles. The topological polar surface area (TPSA) is 72.5 Å². The molecule has 0 radical (unpaired) electrons. The number of hydrogen-bond donors (Lipinski definition) is 1. The maximum atomic E-state index is 11.1. The number of carbonyl (C=O) groups is 3. The van der Waals surface area contributed by atoms with Crippen molar-refractivity contribution in [3.63, 3.8) is 0 Å². The molecular formula is C9H15NO4. The van der Waals surface area contributed by atoms with Crippen molar-refractivity contribution in [1.82, 2.24) is 5.32 Å². The minimum absolute atomic E-state index is 0.239. The molecule has 0 saturated carbocycles. The summed E-state index contributed by atoms with van der Waals surface area (Å²) in [5, 5.41) is 2.41. The molecule has 0 bridgehead atoms. The number of hydrogen-bond acceptors (Lipinski definition) is 4. The molecule has 0 aromatic heterocycles. The normalized spacial score (nSPS) is 11.6. The van der Waals surface area contributed by atoms with E-state index in [9.17, 15) is 14.4 Å². The number of ketones is 1. The van der Waals surface area contributed by atoms with Crippen molar-refractivity contribution < 1.29 is 19.1 Å². The molecule has 1 unspecified atom stereocenters. The highest BCUT2D eigenvalue weighted by Gasteiger charge is 2.22. The summed E-state index contributed by atoms with van der Waals surface area (Å²) in [5.41, 5.74) is 0. The Morgan fingerprint density at radius 3 is 2.36 bits per heavy atom. The number of Topliss-reactive ketones (excluding diaryl/α,β-unsaturated/α-hetero) is 1. The van der Waals surface area contributed by atoms with Gasteiger partial charge in [-0.2, -0.15) is 0 Å². The van der Waals surface area contributed by atoms with Crippen LogP contribution in [0.2, 0.25) is 0 Å². The molecule has 0 heterocycles. The Bertz CT molecular complexity index is 237. The first-order valence-corrected chi connectivity index (χ1v) is 4.44. The highest BCUT2D eigenvalue weighted by atomic mass is 16.5. The Morgan fingerprint density at radius 2 is 1.93 bits per heavy atom. The summed E-state index contributed by atoms with van der Waals surface area (Å²) in [6, 6.07) is -0.818. The fourth-order valence-corrected chi connectivity index (χ4v) is 0.884. The zero-order valence-electron chi connectivity index (χ0n) is 8.62. The van der Waals surface area contributed by atoms with Crippen LogP contribution in [0.1, 0.15) is 26.7 Å². The van der Waals surface area contributed by atoms with E-state index in [0.717, 1.165) is 7.11 Å². The second-order valence-electron chi connectivity index (χ2n) is 2.90. The van der Waals surface area contributed by atoms with Gasteiger partial charge in [0.15, 0.2) is 0 Å². The minimum atomic E-state index is -0.936. The average Bonchev–Trinajstić information content (AvgIpc) is 2.15. The molecule has 0 rings (SSSR count). The van der Waals surface area contributed by atoms with Crippen LogP contribution in [0, 0.1) is 0 Å². The SMILES string of the molecule is CCCC(=O)NC(C)C(=O)C(=O)OC. The molecule has 0 aliphatic carbocycles. The van der Waals surface area contributed by atoms with Gasteiger partial charge in [0.05, 0.1) is 13.2 Å². The van der Waals surface area contributed by atoms with Crippen LogP contribution in [-0.2, 0) is 19.1 Å². The van der Waals surface area contributed by atoms with Crippen LogP contribution >= 0.6 is 0 Å². The van der Waals surface area contributed by atoms with Gasteiger partial charge in [-0.15, -0.1) is 0 Å². The molecule has 0 aliphatic heterocycles. The lowest BCUT2D eigenvalue weighted by molar-refractivity contribution is -0.152. The van der Waals surface area contributed by atoms with Crippen molar-refractivity contribution in [2.24, 2.45) is 0 Å². The third-order valence-electron chi connectivity index (χ3n) is 1.63. The summed E-state index contributed by atoms with van der Waals surface area (Å²) in [6.07, 6.45) is 1.05. The molecule has 1 atom stereocenters. The van der Waals surface area contributed by atoms with Gasteiger partial charge in [0, 0.05) is 6.42 Å². The van der Waals surface area contributed by atoms with Crippen molar-refractivity contribution >= 4 is 17.7 Å². The Hall–Kier alpha value is -1.39. The minimum Gasteiger partial charge on any atom is -0.463 e. The molecule has 1 amide bonds. The van der Waals surface area contributed by atoms with Gasteiger partial charge in [-0.25, -0.2) is 4.79 Å². The molecule has 80 valence electrons. The molecule has 0 aromatic carbocycles. The third-order valence-corrected chi connectivity index (χ3v) is 1.63.